The normalized spacial score (nSPS) is 11.7. The van der Waals surface area contributed by atoms with E-state index in [9.17, 15) is 13.2 Å². The molecule has 0 aliphatic carbocycles. The number of nitrogens with zero attached hydrogens (tertiary/aromatic N) is 1. The summed E-state index contributed by atoms with van der Waals surface area (Å²) in [6.45, 7) is 0.897. The Morgan fingerprint density at radius 2 is 1.78 bits per heavy atom. The van der Waals surface area contributed by atoms with E-state index in [0.717, 1.165) is 25.7 Å². The predicted molar refractivity (Wildman–Crippen MR) is 91.3 cm³/mol. The molecule has 0 spiro atoms. The van der Waals surface area contributed by atoms with Crippen LogP contribution in [0.5, 0.6) is 0 Å². The highest BCUT2D eigenvalue weighted by atomic mass is 32.2. The van der Waals surface area contributed by atoms with Crippen LogP contribution in [0.1, 0.15) is 37.7 Å². The highest BCUT2D eigenvalue weighted by Crippen LogP contribution is 2.18. The van der Waals surface area contributed by atoms with E-state index in [1.165, 1.54) is 18.4 Å². The lowest BCUT2D eigenvalue weighted by atomic mass is 10.1. The molecule has 1 aromatic carbocycles. The number of hydrogen-bond donors (Lipinski definition) is 2. The number of carbonyl (C=O) groups excluding carboxylic acids is 1. The highest BCUT2D eigenvalue weighted by Gasteiger charge is 2.20. The fourth-order valence-corrected chi connectivity index (χ4v) is 3.28. The van der Waals surface area contributed by atoms with Crippen molar-refractivity contribution in [2.75, 3.05) is 20.6 Å². The summed E-state index contributed by atoms with van der Waals surface area (Å²) in [7, 11) is -0.528. The molecule has 3 N–H and O–H groups in total. The van der Waals surface area contributed by atoms with Gasteiger partial charge in [0.25, 0.3) is 0 Å². The molecule has 0 radical (unpaired) electrons. The van der Waals surface area contributed by atoms with Crippen LogP contribution in [0.2, 0.25) is 0 Å². The molecule has 0 bridgehead atoms. The quantitative estimate of drug-likeness (QED) is 0.630. The first kappa shape index (κ1) is 19.6. The minimum Gasteiger partial charge on any atom is -0.352 e. The van der Waals surface area contributed by atoms with E-state index in [2.05, 4.69) is 5.32 Å². The monoisotopic (exact) mass is 341 g/mol. The van der Waals surface area contributed by atoms with Crippen LogP contribution in [0.4, 0.5) is 0 Å². The summed E-state index contributed by atoms with van der Waals surface area (Å²) >= 11 is 0. The minimum absolute atomic E-state index is 0.0604. The second-order valence-electron chi connectivity index (χ2n) is 5.62. The third kappa shape index (κ3) is 6.29. The van der Waals surface area contributed by atoms with E-state index in [0.29, 0.717) is 18.5 Å². The van der Waals surface area contributed by atoms with Crippen molar-refractivity contribution in [2.45, 2.75) is 43.5 Å². The van der Waals surface area contributed by atoms with Gasteiger partial charge < -0.3 is 11.1 Å². The second kappa shape index (κ2) is 9.64. The maximum atomic E-state index is 12.3. The average Bonchev–Trinajstić information content (AvgIpc) is 2.52. The van der Waals surface area contributed by atoms with Crippen LogP contribution in [0.15, 0.2) is 29.2 Å². The van der Waals surface area contributed by atoms with Gasteiger partial charge in [0, 0.05) is 27.1 Å². The van der Waals surface area contributed by atoms with Gasteiger partial charge in [0.2, 0.25) is 15.9 Å². The first-order valence-corrected chi connectivity index (χ1v) is 9.30. The molecule has 7 heteroatoms. The molecular formula is C16H27N3O3S. The molecule has 23 heavy (non-hydrogen) atoms. The molecule has 0 aliphatic rings. The molecule has 0 unspecified atom stereocenters. The summed E-state index contributed by atoms with van der Waals surface area (Å²) in [5.74, 6) is -0.0604. The minimum atomic E-state index is -3.51. The lowest BCUT2D eigenvalue weighted by Crippen LogP contribution is -2.26. The van der Waals surface area contributed by atoms with Crippen LogP contribution in [0.3, 0.4) is 0 Å². The van der Waals surface area contributed by atoms with E-state index in [1.54, 1.807) is 24.3 Å². The molecule has 0 saturated heterocycles. The smallest absolute Gasteiger partial charge is 0.242 e. The van der Waals surface area contributed by atoms with Gasteiger partial charge in [0.1, 0.15) is 0 Å². The first-order chi connectivity index (χ1) is 10.9. The van der Waals surface area contributed by atoms with E-state index in [-0.39, 0.29) is 17.3 Å². The number of nitrogens with two attached hydrogens (primary N) is 1. The molecule has 1 aromatic rings. The van der Waals surface area contributed by atoms with Crippen molar-refractivity contribution in [3.05, 3.63) is 29.8 Å². The van der Waals surface area contributed by atoms with E-state index < -0.39 is 10.0 Å². The van der Waals surface area contributed by atoms with Gasteiger partial charge in [0.15, 0.2) is 0 Å². The molecule has 0 aromatic heterocycles. The number of nitrogens with one attached hydrogen (secondary N) is 1. The summed E-state index contributed by atoms with van der Waals surface area (Å²) in [6, 6.07) is 6.73. The van der Waals surface area contributed by atoms with Gasteiger partial charge >= 0.3 is 0 Å². The molecule has 0 aliphatic heterocycles. The van der Waals surface area contributed by atoms with Crippen LogP contribution in [-0.4, -0.2) is 39.3 Å². The average molecular weight is 341 g/mol. The lowest BCUT2D eigenvalue weighted by molar-refractivity contribution is -0.121. The van der Waals surface area contributed by atoms with Gasteiger partial charge in [-0.05, 0) is 31.0 Å². The van der Waals surface area contributed by atoms with Crippen molar-refractivity contribution >= 4 is 15.9 Å². The first-order valence-electron chi connectivity index (χ1n) is 7.86. The van der Waals surface area contributed by atoms with Crippen molar-refractivity contribution in [3.63, 3.8) is 0 Å². The largest absolute Gasteiger partial charge is 0.352 e. The maximum Gasteiger partial charge on any atom is 0.242 e. The van der Waals surface area contributed by atoms with Crippen molar-refractivity contribution in [2.24, 2.45) is 5.73 Å². The van der Waals surface area contributed by atoms with E-state index >= 15 is 0 Å². The summed E-state index contributed by atoms with van der Waals surface area (Å²) < 4.78 is 25.7. The summed E-state index contributed by atoms with van der Waals surface area (Å²) in [6.07, 6.45) is 4.28. The topological polar surface area (TPSA) is 92.5 Å². The molecule has 130 valence electrons. The maximum absolute atomic E-state index is 12.3. The molecule has 1 amide bonds. The Morgan fingerprint density at radius 1 is 1.13 bits per heavy atom. The SMILES string of the molecule is CN(C)S(=O)(=O)c1ccccc1CNC(=O)CCCCCCN. The van der Waals surface area contributed by atoms with Gasteiger partial charge in [-0.1, -0.05) is 31.0 Å². The third-order valence-corrected chi connectivity index (χ3v) is 5.48. The molecule has 0 fully saturated rings. The summed E-state index contributed by atoms with van der Waals surface area (Å²) in [5.41, 5.74) is 6.02. The van der Waals surface area contributed by atoms with E-state index in [1.807, 2.05) is 0 Å². The van der Waals surface area contributed by atoms with Crippen LogP contribution >= 0.6 is 0 Å². The Bertz CT molecular complexity index is 600. The zero-order chi connectivity index (χ0) is 17.3. The Morgan fingerprint density at radius 3 is 2.43 bits per heavy atom. The van der Waals surface area contributed by atoms with Gasteiger partial charge in [-0.3, -0.25) is 4.79 Å². The summed E-state index contributed by atoms with van der Waals surface area (Å²) in [5, 5.41) is 2.79. The zero-order valence-electron chi connectivity index (χ0n) is 13.9. The standard InChI is InChI=1S/C16H27N3O3S/c1-19(2)23(21,22)15-10-7-6-9-14(15)13-18-16(20)11-5-3-4-8-12-17/h6-7,9-10H,3-5,8,11-13,17H2,1-2H3,(H,18,20). The van der Waals surface area contributed by atoms with Crippen molar-refractivity contribution in [1.29, 1.82) is 0 Å². The van der Waals surface area contributed by atoms with Crippen LogP contribution in [0.25, 0.3) is 0 Å². The number of benzene rings is 1. The number of unbranched alkanes of at least 4 members (excludes halogenated alkanes) is 3. The summed E-state index contributed by atoms with van der Waals surface area (Å²) in [4.78, 5) is 12.1. The third-order valence-electron chi connectivity index (χ3n) is 3.57. The number of amides is 1. The van der Waals surface area contributed by atoms with Crippen molar-refractivity contribution in [3.8, 4) is 0 Å². The van der Waals surface area contributed by atoms with Gasteiger partial charge in [0.05, 0.1) is 4.90 Å². The van der Waals surface area contributed by atoms with Crippen LogP contribution in [0, 0.1) is 0 Å². The molecule has 1 rings (SSSR count). The van der Waals surface area contributed by atoms with E-state index in [4.69, 9.17) is 5.73 Å². The molecular weight excluding hydrogens is 314 g/mol. The fourth-order valence-electron chi connectivity index (χ4n) is 2.16. The molecule has 6 nitrogen and oxygen atoms in total. The van der Waals surface area contributed by atoms with Gasteiger partial charge in [-0.2, -0.15) is 0 Å². The highest BCUT2D eigenvalue weighted by molar-refractivity contribution is 7.89. The molecule has 0 atom stereocenters. The number of sulfonamides is 1. The van der Waals surface area contributed by atoms with Gasteiger partial charge in [-0.15, -0.1) is 0 Å². The van der Waals surface area contributed by atoms with Crippen molar-refractivity contribution < 1.29 is 13.2 Å². The Balaban J connectivity index is 2.57. The number of carbonyl (C=O) groups is 1. The van der Waals surface area contributed by atoms with Crippen LogP contribution in [-0.2, 0) is 21.4 Å². The Labute approximate surface area is 139 Å². The lowest BCUT2D eigenvalue weighted by Gasteiger charge is -2.15. The fraction of sp³-hybridized carbons (Fsp3) is 0.562. The van der Waals surface area contributed by atoms with Crippen molar-refractivity contribution in [1.82, 2.24) is 9.62 Å². The van der Waals surface area contributed by atoms with Crippen LogP contribution < -0.4 is 11.1 Å². The Hall–Kier alpha value is -1.44. The second-order valence-corrected chi connectivity index (χ2v) is 7.75. The zero-order valence-corrected chi connectivity index (χ0v) is 14.7. The predicted octanol–water partition coefficient (Wildman–Crippen LogP) is 1.46. The number of rotatable bonds is 10. The number of hydrogen-bond acceptors (Lipinski definition) is 4. The van der Waals surface area contributed by atoms with Gasteiger partial charge in [-0.25, -0.2) is 12.7 Å². The molecule has 0 heterocycles. The molecule has 0 saturated carbocycles. The Kier molecular flexibility index (Phi) is 8.22.